The van der Waals surface area contributed by atoms with E-state index in [2.05, 4.69) is 14.9 Å². The molecule has 4 nitrogen and oxygen atoms in total. The van der Waals surface area contributed by atoms with Gasteiger partial charge in [-0.15, -0.1) is 0 Å². The fourth-order valence-electron chi connectivity index (χ4n) is 1.35. The predicted molar refractivity (Wildman–Crippen MR) is 60.1 cm³/mol. The molecule has 1 atom stereocenters. The van der Waals surface area contributed by atoms with Crippen molar-refractivity contribution in [2.75, 3.05) is 24.4 Å². The second kappa shape index (κ2) is 5.14. The topological polar surface area (TPSA) is 46.9 Å². The quantitative estimate of drug-likeness (QED) is 0.797. The van der Waals surface area contributed by atoms with E-state index in [9.17, 15) is 4.21 Å². The highest BCUT2D eigenvalue weighted by Crippen LogP contribution is 2.08. The van der Waals surface area contributed by atoms with Crippen LogP contribution in [-0.4, -0.2) is 32.8 Å². The Kier molecular flexibility index (Phi) is 4.13. The third-order valence-corrected chi connectivity index (χ3v) is 2.81. The van der Waals surface area contributed by atoms with Crippen molar-refractivity contribution >= 4 is 16.7 Å². The molecule has 0 radical (unpaired) electrons. The summed E-state index contributed by atoms with van der Waals surface area (Å²) in [6.45, 7) is 2.84. The standard InChI is InChI=1S/C9H17N3OS/c1-8-7-12(9(10-2)11-8)5-4-6-14(3)13/h7H,4-6H2,1-3H3,(H,10,11). The minimum absolute atomic E-state index is 0.695. The largest absolute Gasteiger partial charge is 0.359 e. The van der Waals surface area contributed by atoms with Crippen LogP contribution in [0.15, 0.2) is 6.20 Å². The van der Waals surface area contributed by atoms with Crippen molar-refractivity contribution in [3.05, 3.63) is 11.9 Å². The van der Waals surface area contributed by atoms with E-state index in [-0.39, 0.29) is 0 Å². The number of hydrogen-bond donors (Lipinski definition) is 1. The Morgan fingerprint density at radius 1 is 1.64 bits per heavy atom. The predicted octanol–water partition coefficient (Wildman–Crippen LogP) is 1.00. The van der Waals surface area contributed by atoms with Gasteiger partial charge in [0.2, 0.25) is 5.95 Å². The van der Waals surface area contributed by atoms with Gasteiger partial charge in [-0.05, 0) is 13.3 Å². The smallest absolute Gasteiger partial charge is 0.202 e. The zero-order valence-electron chi connectivity index (χ0n) is 8.91. The van der Waals surface area contributed by atoms with Gasteiger partial charge in [0.1, 0.15) is 0 Å². The maximum atomic E-state index is 10.9. The molecule has 1 unspecified atom stereocenters. The Morgan fingerprint density at radius 2 is 2.36 bits per heavy atom. The molecule has 0 bridgehead atoms. The molecule has 0 aliphatic heterocycles. The number of rotatable bonds is 5. The van der Waals surface area contributed by atoms with Gasteiger partial charge in [0, 0.05) is 42.6 Å². The summed E-state index contributed by atoms with van der Waals surface area (Å²) in [5, 5.41) is 3.03. The highest BCUT2D eigenvalue weighted by Gasteiger charge is 2.02. The second-order valence-electron chi connectivity index (χ2n) is 3.28. The fraction of sp³-hybridized carbons (Fsp3) is 0.667. The second-order valence-corrected chi connectivity index (χ2v) is 4.83. The molecule has 80 valence electrons. The molecule has 0 fully saturated rings. The molecule has 14 heavy (non-hydrogen) atoms. The number of nitrogens with one attached hydrogen (secondary N) is 1. The van der Waals surface area contributed by atoms with E-state index in [4.69, 9.17) is 0 Å². The zero-order chi connectivity index (χ0) is 10.6. The molecule has 0 saturated carbocycles. The third-order valence-electron chi connectivity index (χ3n) is 1.95. The number of anilines is 1. The van der Waals surface area contributed by atoms with E-state index in [1.165, 1.54) is 0 Å². The maximum absolute atomic E-state index is 10.9. The van der Waals surface area contributed by atoms with Gasteiger partial charge in [0.15, 0.2) is 0 Å². The van der Waals surface area contributed by atoms with E-state index in [0.29, 0.717) is 0 Å². The van der Waals surface area contributed by atoms with Crippen LogP contribution in [0.4, 0.5) is 5.95 Å². The van der Waals surface area contributed by atoms with Crippen LogP contribution in [-0.2, 0) is 17.3 Å². The van der Waals surface area contributed by atoms with Gasteiger partial charge in [-0.3, -0.25) is 4.21 Å². The number of aromatic nitrogens is 2. The van der Waals surface area contributed by atoms with Crippen LogP contribution >= 0.6 is 0 Å². The first-order valence-electron chi connectivity index (χ1n) is 4.65. The lowest BCUT2D eigenvalue weighted by molar-refractivity contribution is 0.663. The van der Waals surface area contributed by atoms with Crippen molar-refractivity contribution < 1.29 is 4.21 Å². The molecular weight excluding hydrogens is 198 g/mol. The molecule has 0 spiro atoms. The highest BCUT2D eigenvalue weighted by molar-refractivity contribution is 7.84. The summed E-state index contributed by atoms with van der Waals surface area (Å²) in [5.74, 6) is 1.63. The summed E-state index contributed by atoms with van der Waals surface area (Å²) in [5.41, 5.74) is 1.01. The minimum atomic E-state index is -0.695. The number of aryl methyl sites for hydroxylation is 2. The van der Waals surface area contributed by atoms with Gasteiger partial charge in [-0.2, -0.15) is 0 Å². The van der Waals surface area contributed by atoms with Gasteiger partial charge in [-0.25, -0.2) is 4.98 Å². The van der Waals surface area contributed by atoms with E-state index in [1.807, 2.05) is 20.2 Å². The SMILES string of the molecule is CNc1nc(C)cn1CCCS(C)=O. The molecule has 1 aromatic rings. The lowest BCUT2D eigenvalue weighted by atomic mass is 10.4. The van der Waals surface area contributed by atoms with Crippen molar-refractivity contribution in [2.24, 2.45) is 0 Å². The van der Waals surface area contributed by atoms with Crippen molar-refractivity contribution in [2.45, 2.75) is 19.9 Å². The normalized spacial score (nSPS) is 12.8. The fourth-order valence-corrected chi connectivity index (χ4v) is 1.89. The Labute approximate surface area is 87.2 Å². The average Bonchev–Trinajstić information content (AvgIpc) is 2.45. The Balaban J connectivity index is 2.52. The maximum Gasteiger partial charge on any atom is 0.202 e. The Hall–Kier alpha value is -0.840. The van der Waals surface area contributed by atoms with E-state index < -0.39 is 10.8 Å². The van der Waals surface area contributed by atoms with Crippen LogP contribution in [0.5, 0.6) is 0 Å². The van der Waals surface area contributed by atoms with Crippen LogP contribution in [0.25, 0.3) is 0 Å². The molecule has 0 aliphatic carbocycles. The van der Waals surface area contributed by atoms with Gasteiger partial charge in [0.25, 0.3) is 0 Å². The molecule has 1 rings (SSSR count). The lowest BCUT2D eigenvalue weighted by Gasteiger charge is -2.05. The van der Waals surface area contributed by atoms with E-state index in [1.54, 1.807) is 6.26 Å². The van der Waals surface area contributed by atoms with Gasteiger partial charge in [0.05, 0.1) is 5.69 Å². The average molecular weight is 215 g/mol. The highest BCUT2D eigenvalue weighted by atomic mass is 32.2. The Morgan fingerprint density at radius 3 is 2.93 bits per heavy atom. The third kappa shape index (κ3) is 3.14. The molecule has 0 saturated heterocycles. The number of nitrogens with zero attached hydrogens (tertiary/aromatic N) is 2. The molecule has 0 amide bonds. The first-order valence-corrected chi connectivity index (χ1v) is 6.37. The van der Waals surface area contributed by atoms with Gasteiger partial charge < -0.3 is 9.88 Å². The summed E-state index contributed by atoms with van der Waals surface area (Å²) in [4.78, 5) is 4.30. The lowest BCUT2D eigenvalue weighted by Crippen LogP contribution is -2.05. The molecule has 1 aromatic heterocycles. The molecule has 0 aromatic carbocycles. The summed E-state index contributed by atoms with van der Waals surface area (Å²) < 4.78 is 12.9. The number of imidazole rings is 1. The van der Waals surface area contributed by atoms with Crippen LogP contribution in [0.2, 0.25) is 0 Å². The minimum Gasteiger partial charge on any atom is -0.359 e. The monoisotopic (exact) mass is 215 g/mol. The van der Waals surface area contributed by atoms with Crippen molar-refractivity contribution in [1.29, 1.82) is 0 Å². The van der Waals surface area contributed by atoms with E-state index in [0.717, 1.165) is 30.4 Å². The number of hydrogen-bond acceptors (Lipinski definition) is 3. The van der Waals surface area contributed by atoms with Crippen molar-refractivity contribution in [1.82, 2.24) is 9.55 Å². The summed E-state index contributed by atoms with van der Waals surface area (Å²) in [6.07, 6.45) is 4.66. The van der Waals surface area contributed by atoms with Crippen molar-refractivity contribution in [3.8, 4) is 0 Å². The molecule has 1 N–H and O–H groups in total. The van der Waals surface area contributed by atoms with Gasteiger partial charge in [-0.1, -0.05) is 0 Å². The Bertz CT molecular complexity index is 322. The summed E-state index contributed by atoms with van der Waals surface area (Å²) >= 11 is 0. The summed E-state index contributed by atoms with van der Waals surface area (Å²) in [6, 6.07) is 0. The molecule has 0 aliphatic rings. The summed E-state index contributed by atoms with van der Waals surface area (Å²) in [7, 11) is 1.16. The molecular formula is C9H17N3OS. The first kappa shape index (κ1) is 11.2. The van der Waals surface area contributed by atoms with Crippen LogP contribution in [0.1, 0.15) is 12.1 Å². The zero-order valence-corrected chi connectivity index (χ0v) is 9.73. The van der Waals surface area contributed by atoms with Crippen LogP contribution in [0, 0.1) is 6.92 Å². The van der Waals surface area contributed by atoms with Gasteiger partial charge >= 0.3 is 0 Å². The van der Waals surface area contributed by atoms with Crippen LogP contribution in [0.3, 0.4) is 0 Å². The first-order chi connectivity index (χ1) is 6.63. The van der Waals surface area contributed by atoms with Crippen LogP contribution < -0.4 is 5.32 Å². The van der Waals surface area contributed by atoms with E-state index >= 15 is 0 Å². The molecule has 1 heterocycles. The van der Waals surface area contributed by atoms with Crippen molar-refractivity contribution in [3.63, 3.8) is 0 Å². The molecule has 5 heteroatoms.